The molecular formula is C24H22N2O5. The summed E-state index contributed by atoms with van der Waals surface area (Å²) < 4.78 is 5.63. The number of esters is 1. The van der Waals surface area contributed by atoms with Gasteiger partial charge in [0.25, 0.3) is 11.6 Å². The van der Waals surface area contributed by atoms with Crippen molar-refractivity contribution in [3.8, 4) is 0 Å². The molecule has 0 unspecified atom stereocenters. The predicted molar refractivity (Wildman–Crippen MR) is 116 cm³/mol. The van der Waals surface area contributed by atoms with Crippen LogP contribution in [0.2, 0.25) is 0 Å². The van der Waals surface area contributed by atoms with Gasteiger partial charge in [0.2, 0.25) is 0 Å². The highest BCUT2D eigenvalue weighted by molar-refractivity contribution is 5.98. The Balaban J connectivity index is 1.69. The Morgan fingerprint density at radius 1 is 0.903 bits per heavy atom. The van der Waals surface area contributed by atoms with Crippen LogP contribution in [0.1, 0.15) is 32.7 Å². The standard InChI is InChI=1S/C24H22N2O5/c27-23(21-13-7-8-14-22(21)26(29)30)25-17-20(16-15-18-9-3-1-4-10-18)31-24(28)19-11-5-2-6-12-19/h1-14,20H,15-17H2,(H,25,27)/t20-/m0/s1. The van der Waals surface area contributed by atoms with Crippen LogP contribution in [-0.4, -0.2) is 29.4 Å². The lowest BCUT2D eigenvalue weighted by atomic mass is 10.1. The Morgan fingerprint density at radius 2 is 1.52 bits per heavy atom. The number of aryl methyl sites for hydroxylation is 1. The second-order valence-corrected chi connectivity index (χ2v) is 6.90. The van der Waals surface area contributed by atoms with Crippen LogP contribution in [0, 0.1) is 10.1 Å². The fraction of sp³-hybridized carbons (Fsp3) is 0.167. The van der Waals surface area contributed by atoms with Gasteiger partial charge >= 0.3 is 5.97 Å². The van der Waals surface area contributed by atoms with Crippen LogP contribution in [0.3, 0.4) is 0 Å². The fourth-order valence-corrected chi connectivity index (χ4v) is 3.10. The van der Waals surface area contributed by atoms with Gasteiger partial charge in [-0.25, -0.2) is 4.79 Å². The monoisotopic (exact) mass is 418 g/mol. The van der Waals surface area contributed by atoms with Crippen LogP contribution in [0.15, 0.2) is 84.9 Å². The summed E-state index contributed by atoms with van der Waals surface area (Å²) in [6, 6.07) is 24.0. The van der Waals surface area contributed by atoms with Crippen LogP contribution >= 0.6 is 0 Å². The molecule has 3 aromatic carbocycles. The molecule has 1 atom stereocenters. The number of para-hydroxylation sites is 1. The highest BCUT2D eigenvalue weighted by Crippen LogP contribution is 2.17. The van der Waals surface area contributed by atoms with Crippen molar-refractivity contribution in [2.75, 3.05) is 6.54 Å². The molecule has 3 rings (SSSR count). The van der Waals surface area contributed by atoms with Gasteiger partial charge in [-0.05, 0) is 36.6 Å². The van der Waals surface area contributed by atoms with E-state index >= 15 is 0 Å². The number of ether oxygens (including phenoxy) is 1. The molecule has 0 spiro atoms. The minimum Gasteiger partial charge on any atom is -0.457 e. The van der Waals surface area contributed by atoms with E-state index in [1.165, 1.54) is 18.2 Å². The summed E-state index contributed by atoms with van der Waals surface area (Å²) in [6.45, 7) is 0.0380. The zero-order chi connectivity index (χ0) is 22.1. The number of benzene rings is 3. The summed E-state index contributed by atoms with van der Waals surface area (Å²) in [5, 5.41) is 13.8. The number of hydrogen-bond acceptors (Lipinski definition) is 5. The van der Waals surface area contributed by atoms with Gasteiger partial charge in [-0.3, -0.25) is 14.9 Å². The molecule has 0 radical (unpaired) electrons. The normalized spacial score (nSPS) is 11.4. The van der Waals surface area contributed by atoms with Crippen molar-refractivity contribution in [2.24, 2.45) is 0 Å². The summed E-state index contributed by atoms with van der Waals surface area (Å²) in [5.74, 6) is -1.08. The number of hydrogen-bond donors (Lipinski definition) is 1. The third-order valence-electron chi connectivity index (χ3n) is 4.72. The number of rotatable bonds is 9. The zero-order valence-corrected chi connectivity index (χ0v) is 16.8. The summed E-state index contributed by atoms with van der Waals surface area (Å²) in [4.78, 5) is 35.6. The van der Waals surface area contributed by atoms with Gasteiger partial charge < -0.3 is 10.1 Å². The average Bonchev–Trinajstić information content (AvgIpc) is 2.81. The van der Waals surface area contributed by atoms with Crippen molar-refractivity contribution >= 4 is 17.6 Å². The molecule has 0 aliphatic rings. The first-order chi connectivity index (χ1) is 15.0. The van der Waals surface area contributed by atoms with E-state index in [2.05, 4.69) is 5.32 Å². The highest BCUT2D eigenvalue weighted by Gasteiger charge is 2.22. The number of nitrogens with zero attached hydrogens (tertiary/aromatic N) is 1. The molecular weight excluding hydrogens is 396 g/mol. The maximum absolute atomic E-state index is 12.5. The topological polar surface area (TPSA) is 98.5 Å². The van der Waals surface area contributed by atoms with Crippen molar-refractivity contribution in [3.05, 3.63) is 112 Å². The first-order valence-corrected chi connectivity index (χ1v) is 9.86. The average molecular weight is 418 g/mol. The quantitative estimate of drug-likeness (QED) is 0.319. The first-order valence-electron chi connectivity index (χ1n) is 9.86. The van der Waals surface area contributed by atoms with Crippen LogP contribution in [-0.2, 0) is 11.2 Å². The van der Waals surface area contributed by atoms with Crippen molar-refractivity contribution in [1.29, 1.82) is 0 Å². The smallest absolute Gasteiger partial charge is 0.338 e. The van der Waals surface area contributed by atoms with E-state index in [9.17, 15) is 19.7 Å². The fourth-order valence-electron chi connectivity index (χ4n) is 3.10. The Labute approximate surface area is 179 Å². The summed E-state index contributed by atoms with van der Waals surface area (Å²) >= 11 is 0. The molecule has 0 saturated heterocycles. The molecule has 31 heavy (non-hydrogen) atoms. The van der Waals surface area contributed by atoms with Crippen molar-refractivity contribution in [3.63, 3.8) is 0 Å². The minimum atomic E-state index is -0.600. The van der Waals surface area contributed by atoms with Crippen LogP contribution in [0.4, 0.5) is 5.69 Å². The molecule has 1 N–H and O–H groups in total. The molecule has 0 fully saturated rings. The van der Waals surface area contributed by atoms with Crippen LogP contribution in [0.5, 0.6) is 0 Å². The van der Waals surface area contributed by atoms with Gasteiger partial charge in [-0.15, -0.1) is 0 Å². The lowest BCUT2D eigenvalue weighted by Gasteiger charge is -2.19. The van der Waals surface area contributed by atoms with E-state index in [0.717, 1.165) is 5.56 Å². The third kappa shape index (κ3) is 6.24. The van der Waals surface area contributed by atoms with Gasteiger partial charge in [0.1, 0.15) is 11.7 Å². The SMILES string of the molecule is O=C(O[C@@H](CCc1ccccc1)CNC(=O)c1ccccc1[N+](=O)[O-])c1ccccc1. The lowest BCUT2D eigenvalue weighted by molar-refractivity contribution is -0.385. The second-order valence-electron chi connectivity index (χ2n) is 6.90. The molecule has 0 heterocycles. The number of carbonyl (C=O) groups is 2. The van der Waals surface area contributed by atoms with Crippen LogP contribution in [0.25, 0.3) is 0 Å². The molecule has 0 aliphatic carbocycles. The van der Waals surface area contributed by atoms with E-state index in [1.807, 2.05) is 30.3 Å². The number of nitro benzene ring substituents is 1. The summed E-state index contributed by atoms with van der Waals surface area (Å²) in [6.07, 6.45) is 0.536. The minimum absolute atomic E-state index is 0.0380. The van der Waals surface area contributed by atoms with Gasteiger partial charge in [-0.2, -0.15) is 0 Å². The summed E-state index contributed by atoms with van der Waals surface area (Å²) in [7, 11) is 0. The van der Waals surface area contributed by atoms with E-state index in [0.29, 0.717) is 18.4 Å². The molecule has 3 aromatic rings. The largest absolute Gasteiger partial charge is 0.457 e. The predicted octanol–water partition coefficient (Wildman–Crippen LogP) is 4.18. The number of carbonyl (C=O) groups excluding carboxylic acids is 2. The maximum atomic E-state index is 12.5. The number of nitro groups is 1. The Kier molecular flexibility index (Phi) is 7.48. The highest BCUT2D eigenvalue weighted by atomic mass is 16.6. The molecule has 0 aliphatic heterocycles. The first kappa shape index (κ1) is 21.7. The number of amides is 1. The number of nitrogens with one attached hydrogen (secondary N) is 1. The Hall–Kier alpha value is -4.00. The molecule has 0 aromatic heterocycles. The summed E-state index contributed by atoms with van der Waals surface area (Å²) in [5.41, 5.74) is 1.18. The zero-order valence-electron chi connectivity index (χ0n) is 16.8. The molecule has 7 heteroatoms. The van der Waals surface area contributed by atoms with Gasteiger partial charge in [0.05, 0.1) is 17.0 Å². The Bertz CT molecular complexity index is 1040. The second kappa shape index (κ2) is 10.7. The van der Waals surface area contributed by atoms with Gasteiger partial charge in [0.15, 0.2) is 0 Å². The molecule has 0 bridgehead atoms. The van der Waals surface area contributed by atoms with Gasteiger partial charge in [-0.1, -0.05) is 60.7 Å². The van der Waals surface area contributed by atoms with Crippen LogP contribution < -0.4 is 5.32 Å². The Morgan fingerprint density at radius 3 is 2.19 bits per heavy atom. The van der Waals surface area contributed by atoms with Crippen molar-refractivity contribution < 1.29 is 19.2 Å². The molecule has 158 valence electrons. The van der Waals surface area contributed by atoms with E-state index in [1.54, 1.807) is 36.4 Å². The third-order valence-corrected chi connectivity index (χ3v) is 4.72. The molecule has 0 saturated carbocycles. The van der Waals surface area contributed by atoms with E-state index in [4.69, 9.17) is 4.74 Å². The molecule has 7 nitrogen and oxygen atoms in total. The van der Waals surface area contributed by atoms with E-state index in [-0.39, 0.29) is 17.8 Å². The molecule has 1 amide bonds. The van der Waals surface area contributed by atoms with Gasteiger partial charge in [0, 0.05) is 6.07 Å². The van der Waals surface area contributed by atoms with E-state index < -0.39 is 22.9 Å². The lowest BCUT2D eigenvalue weighted by Crippen LogP contribution is -2.35. The maximum Gasteiger partial charge on any atom is 0.338 e. The van der Waals surface area contributed by atoms with Crippen molar-refractivity contribution in [1.82, 2.24) is 5.32 Å². The van der Waals surface area contributed by atoms with Crippen molar-refractivity contribution in [2.45, 2.75) is 18.9 Å².